The van der Waals surface area contributed by atoms with Crippen molar-refractivity contribution in [1.29, 1.82) is 0 Å². The molecular weight excluding hydrogens is 314 g/mol. The SMILES string of the molecule is CN1C(=O)C2(CC(C)(C)Oc3ccc(/C=C/C(C)(C)C)cc32)N=C1N. The predicted molar refractivity (Wildman–Crippen MR) is 100 cm³/mol. The molecule has 0 bridgehead atoms. The Bertz CT molecular complexity index is 787. The van der Waals surface area contributed by atoms with Crippen LogP contribution in [0.2, 0.25) is 0 Å². The highest BCUT2D eigenvalue weighted by Gasteiger charge is 2.55. The van der Waals surface area contributed by atoms with Gasteiger partial charge in [-0.05, 0) is 37.0 Å². The van der Waals surface area contributed by atoms with Gasteiger partial charge in [-0.25, -0.2) is 4.99 Å². The summed E-state index contributed by atoms with van der Waals surface area (Å²) in [6, 6.07) is 5.94. The molecule has 134 valence electrons. The normalized spacial score (nSPS) is 25.3. The molecule has 5 nitrogen and oxygen atoms in total. The Morgan fingerprint density at radius 1 is 1.32 bits per heavy atom. The summed E-state index contributed by atoms with van der Waals surface area (Å²) >= 11 is 0. The molecule has 0 saturated carbocycles. The Balaban J connectivity index is 2.15. The van der Waals surface area contributed by atoms with Crippen molar-refractivity contribution < 1.29 is 9.53 Å². The van der Waals surface area contributed by atoms with E-state index in [1.165, 1.54) is 4.90 Å². The van der Waals surface area contributed by atoms with Crippen LogP contribution in [0.5, 0.6) is 5.75 Å². The first-order valence-electron chi connectivity index (χ1n) is 8.60. The Kier molecular flexibility index (Phi) is 3.75. The van der Waals surface area contributed by atoms with Crippen LogP contribution in [0.1, 0.15) is 52.2 Å². The number of rotatable bonds is 1. The van der Waals surface area contributed by atoms with Gasteiger partial charge in [0.25, 0.3) is 5.91 Å². The van der Waals surface area contributed by atoms with Crippen LogP contribution in [-0.4, -0.2) is 29.4 Å². The number of carbonyl (C=O) groups is 1. The van der Waals surface area contributed by atoms with Gasteiger partial charge < -0.3 is 10.5 Å². The van der Waals surface area contributed by atoms with Crippen molar-refractivity contribution in [3.8, 4) is 5.75 Å². The highest BCUT2D eigenvalue weighted by molar-refractivity contribution is 6.07. The van der Waals surface area contributed by atoms with Crippen molar-refractivity contribution >= 4 is 17.9 Å². The Morgan fingerprint density at radius 3 is 2.56 bits per heavy atom. The minimum absolute atomic E-state index is 0.0814. The van der Waals surface area contributed by atoms with E-state index in [1.807, 2.05) is 32.0 Å². The van der Waals surface area contributed by atoms with Gasteiger partial charge in [0, 0.05) is 19.0 Å². The van der Waals surface area contributed by atoms with Crippen LogP contribution in [-0.2, 0) is 10.3 Å². The van der Waals surface area contributed by atoms with Crippen molar-refractivity contribution in [3.63, 3.8) is 0 Å². The second kappa shape index (κ2) is 5.35. The monoisotopic (exact) mass is 341 g/mol. The first kappa shape index (κ1) is 17.5. The molecular formula is C20H27N3O2. The highest BCUT2D eigenvalue weighted by Crippen LogP contribution is 2.49. The second-order valence-electron chi connectivity index (χ2n) is 8.69. The van der Waals surface area contributed by atoms with Gasteiger partial charge >= 0.3 is 0 Å². The van der Waals surface area contributed by atoms with Crippen LogP contribution < -0.4 is 10.5 Å². The third-order valence-electron chi connectivity index (χ3n) is 4.60. The van der Waals surface area contributed by atoms with Crippen molar-refractivity contribution in [2.24, 2.45) is 16.1 Å². The Hall–Kier alpha value is -2.30. The van der Waals surface area contributed by atoms with Gasteiger partial charge in [0.15, 0.2) is 11.5 Å². The summed E-state index contributed by atoms with van der Waals surface area (Å²) in [7, 11) is 1.67. The molecule has 1 amide bonds. The van der Waals surface area contributed by atoms with Crippen LogP contribution in [0.3, 0.4) is 0 Å². The molecule has 2 heterocycles. The minimum Gasteiger partial charge on any atom is -0.487 e. The minimum atomic E-state index is -0.999. The van der Waals surface area contributed by atoms with Crippen LogP contribution >= 0.6 is 0 Å². The summed E-state index contributed by atoms with van der Waals surface area (Å²) in [5.41, 5.74) is 6.37. The first-order chi connectivity index (χ1) is 11.4. The van der Waals surface area contributed by atoms with Gasteiger partial charge in [-0.3, -0.25) is 9.69 Å². The van der Waals surface area contributed by atoms with Gasteiger partial charge in [-0.1, -0.05) is 39.0 Å². The lowest BCUT2D eigenvalue weighted by Gasteiger charge is -2.41. The van der Waals surface area contributed by atoms with Crippen LogP contribution in [0.4, 0.5) is 0 Å². The van der Waals surface area contributed by atoms with E-state index in [1.54, 1.807) is 7.05 Å². The van der Waals surface area contributed by atoms with E-state index in [-0.39, 0.29) is 17.3 Å². The first-order valence-corrected chi connectivity index (χ1v) is 8.60. The van der Waals surface area contributed by atoms with E-state index >= 15 is 0 Å². The molecule has 1 atom stereocenters. The molecule has 2 aliphatic heterocycles. The number of carbonyl (C=O) groups excluding carboxylic acids is 1. The number of ether oxygens (including phenoxy) is 1. The lowest BCUT2D eigenvalue weighted by molar-refractivity contribution is -0.133. The fourth-order valence-corrected chi connectivity index (χ4v) is 3.45. The number of fused-ring (bicyclic) bond motifs is 2. The number of allylic oxidation sites excluding steroid dienone is 1. The molecule has 5 heteroatoms. The molecule has 1 aromatic carbocycles. The molecule has 0 aliphatic carbocycles. The summed E-state index contributed by atoms with van der Waals surface area (Å²) in [5, 5.41) is 0. The number of nitrogens with two attached hydrogens (primary N) is 1. The van der Waals surface area contributed by atoms with Gasteiger partial charge in [0.1, 0.15) is 11.4 Å². The predicted octanol–water partition coefficient (Wildman–Crippen LogP) is 3.29. The topological polar surface area (TPSA) is 67.9 Å². The average molecular weight is 341 g/mol. The summed E-state index contributed by atoms with van der Waals surface area (Å²) < 4.78 is 6.12. The molecule has 0 aromatic heterocycles. The maximum atomic E-state index is 13.0. The maximum absolute atomic E-state index is 13.0. The number of guanidine groups is 1. The molecule has 1 aromatic rings. The number of hydrogen-bond donors (Lipinski definition) is 1. The van der Waals surface area contributed by atoms with E-state index in [9.17, 15) is 4.79 Å². The standard InChI is InChI=1S/C20H27N3O2/c1-18(2,3)10-9-13-7-8-15-14(11-13)20(12-19(4,5)25-15)16(24)23(6)17(21)22-20/h7-11H,12H2,1-6H3,(H2,21,22)/b10-9+. The lowest BCUT2D eigenvalue weighted by atomic mass is 9.77. The number of aliphatic imine (C=N–C) groups is 1. The zero-order valence-electron chi connectivity index (χ0n) is 15.9. The van der Waals surface area contributed by atoms with Crippen LogP contribution in [0, 0.1) is 5.41 Å². The fourth-order valence-electron chi connectivity index (χ4n) is 3.45. The van der Waals surface area contributed by atoms with Crippen molar-refractivity contribution in [2.45, 2.75) is 52.2 Å². The van der Waals surface area contributed by atoms with Crippen molar-refractivity contribution in [1.82, 2.24) is 4.90 Å². The third kappa shape index (κ3) is 3.03. The van der Waals surface area contributed by atoms with E-state index in [2.05, 4.69) is 37.9 Å². The number of amides is 1. The Morgan fingerprint density at radius 2 is 2.00 bits per heavy atom. The van der Waals surface area contributed by atoms with E-state index in [0.29, 0.717) is 12.2 Å². The molecule has 2 N–H and O–H groups in total. The summed E-state index contributed by atoms with van der Waals surface area (Å²) in [4.78, 5) is 19.1. The van der Waals surface area contributed by atoms with Gasteiger partial charge in [0.05, 0.1) is 0 Å². The summed E-state index contributed by atoms with van der Waals surface area (Å²) in [5.74, 6) is 0.855. The average Bonchev–Trinajstić information content (AvgIpc) is 2.68. The number of hydrogen-bond acceptors (Lipinski definition) is 4. The third-order valence-corrected chi connectivity index (χ3v) is 4.60. The fraction of sp³-hybridized carbons (Fsp3) is 0.500. The highest BCUT2D eigenvalue weighted by atomic mass is 16.5. The van der Waals surface area contributed by atoms with Crippen molar-refractivity contribution in [2.75, 3.05) is 7.05 Å². The molecule has 2 aliphatic rings. The van der Waals surface area contributed by atoms with Crippen molar-refractivity contribution in [3.05, 3.63) is 35.4 Å². The zero-order chi connectivity index (χ0) is 18.6. The number of benzene rings is 1. The summed E-state index contributed by atoms with van der Waals surface area (Å²) in [6.07, 6.45) is 4.68. The zero-order valence-corrected chi connectivity index (χ0v) is 15.9. The molecule has 1 spiro atoms. The molecule has 1 unspecified atom stereocenters. The molecule has 3 rings (SSSR count). The van der Waals surface area contributed by atoms with Crippen LogP contribution in [0.25, 0.3) is 6.08 Å². The van der Waals surface area contributed by atoms with E-state index in [4.69, 9.17) is 10.5 Å². The van der Waals surface area contributed by atoms with Gasteiger partial charge in [-0.15, -0.1) is 0 Å². The quantitative estimate of drug-likeness (QED) is 0.852. The van der Waals surface area contributed by atoms with Crippen LogP contribution in [0.15, 0.2) is 29.3 Å². The smallest absolute Gasteiger partial charge is 0.261 e. The maximum Gasteiger partial charge on any atom is 0.261 e. The van der Waals surface area contributed by atoms with E-state index < -0.39 is 11.1 Å². The molecule has 0 radical (unpaired) electrons. The largest absolute Gasteiger partial charge is 0.487 e. The van der Waals surface area contributed by atoms with Gasteiger partial charge in [-0.2, -0.15) is 0 Å². The molecule has 25 heavy (non-hydrogen) atoms. The summed E-state index contributed by atoms with van der Waals surface area (Å²) in [6.45, 7) is 10.4. The number of nitrogens with zero attached hydrogens (tertiary/aromatic N) is 2. The Labute approximate surface area is 149 Å². The van der Waals surface area contributed by atoms with Gasteiger partial charge in [0.2, 0.25) is 0 Å². The molecule has 0 fully saturated rings. The second-order valence-corrected chi connectivity index (χ2v) is 8.69. The molecule has 0 saturated heterocycles. The lowest BCUT2D eigenvalue weighted by Crippen LogP contribution is -2.49. The van der Waals surface area contributed by atoms with E-state index in [0.717, 1.165) is 11.1 Å². The number of likely N-dealkylation sites (N-methyl/N-ethyl adjacent to an activating group) is 1.